The lowest BCUT2D eigenvalue weighted by molar-refractivity contribution is -0.132. The molecule has 0 saturated carbocycles. The van der Waals surface area contributed by atoms with E-state index in [1.165, 1.54) is 4.90 Å². The van der Waals surface area contributed by atoms with Crippen LogP contribution in [-0.4, -0.2) is 23.9 Å². The summed E-state index contributed by atoms with van der Waals surface area (Å²) in [6, 6.07) is 19.9. The first kappa shape index (κ1) is 24.3. The zero-order valence-corrected chi connectivity index (χ0v) is 20.8. The van der Waals surface area contributed by atoms with Gasteiger partial charge in [0.15, 0.2) is 0 Å². The summed E-state index contributed by atoms with van der Waals surface area (Å²) in [7, 11) is 1.62. The summed E-state index contributed by atoms with van der Waals surface area (Å²) < 4.78 is 5.55. The molecule has 0 spiro atoms. The number of carbonyl (C=O) groups is 2. The molecule has 0 aliphatic carbocycles. The third-order valence-electron chi connectivity index (χ3n) is 6.64. The number of rotatable bonds is 6. The lowest BCUT2D eigenvalue weighted by Gasteiger charge is -2.26. The quantitative estimate of drug-likeness (QED) is 0.261. The van der Waals surface area contributed by atoms with Crippen LogP contribution in [0.25, 0.3) is 5.76 Å². The largest absolute Gasteiger partial charge is 0.507 e. The van der Waals surface area contributed by atoms with Gasteiger partial charge in [-0.05, 0) is 65.8 Å². The second-order valence-electron chi connectivity index (χ2n) is 9.16. The van der Waals surface area contributed by atoms with Gasteiger partial charge >= 0.3 is 0 Å². The Balaban J connectivity index is 1.97. The van der Waals surface area contributed by atoms with E-state index in [2.05, 4.69) is 6.92 Å². The standard InChI is InChI=1S/C30H31NO4/c1-6-20-12-14-21(15-13-20)27-26(29(33)30(34)31(27)22-10-8-7-9-11-22)28(32)24-17-23(18(2)3)25(35-5)16-19(24)4/h7-18,27,32H,6H2,1-5H3/b28-26+. The number of hydrogen-bond donors (Lipinski definition) is 1. The molecule has 3 aromatic rings. The fourth-order valence-corrected chi connectivity index (χ4v) is 4.66. The van der Waals surface area contributed by atoms with Crippen molar-refractivity contribution in [3.63, 3.8) is 0 Å². The van der Waals surface area contributed by atoms with Crippen molar-refractivity contribution in [1.29, 1.82) is 0 Å². The molecule has 1 N–H and O–H groups in total. The van der Waals surface area contributed by atoms with E-state index in [-0.39, 0.29) is 17.3 Å². The first-order chi connectivity index (χ1) is 16.8. The van der Waals surface area contributed by atoms with E-state index < -0.39 is 17.7 Å². The van der Waals surface area contributed by atoms with Crippen molar-refractivity contribution in [3.8, 4) is 5.75 Å². The number of benzene rings is 3. The van der Waals surface area contributed by atoms with Gasteiger partial charge in [-0.15, -0.1) is 0 Å². The Morgan fingerprint density at radius 2 is 1.69 bits per heavy atom. The number of nitrogens with zero attached hydrogens (tertiary/aromatic N) is 1. The second-order valence-corrected chi connectivity index (χ2v) is 9.16. The summed E-state index contributed by atoms with van der Waals surface area (Å²) in [5, 5.41) is 11.6. The van der Waals surface area contributed by atoms with E-state index >= 15 is 0 Å². The minimum Gasteiger partial charge on any atom is -0.507 e. The van der Waals surface area contributed by atoms with Crippen LogP contribution in [0.5, 0.6) is 5.75 Å². The molecular formula is C30H31NO4. The summed E-state index contributed by atoms with van der Waals surface area (Å²) in [6.07, 6.45) is 0.877. The Morgan fingerprint density at radius 1 is 1.03 bits per heavy atom. The van der Waals surface area contributed by atoms with Gasteiger partial charge in [0, 0.05) is 11.3 Å². The van der Waals surface area contributed by atoms with Crippen molar-refractivity contribution < 1.29 is 19.4 Å². The molecule has 1 heterocycles. The maximum Gasteiger partial charge on any atom is 0.300 e. The highest BCUT2D eigenvalue weighted by molar-refractivity contribution is 6.51. The number of aliphatic hydroxyl groups is 1. The SMILES string of the molecule is CCc1ccc(C2/C(=C(\O)c3cc(C(C)C)c(OC)cc3C)C(=O)C(=O)N2c2ccccc2)cc1. The number of Topliss-reactive ketones (excluding diaryl/α,β-unsaturated/α-hetero) is 1. The van der Waals surface area contributed by atoms with E-state index in [9.17, 15) is 14.7 Å². The van der Waals surface area contributed by atoms with Crippen molar-refractivity contribution in [2.24, 2.45) is 0 Å². The first-order valence-corrected chi connectivity index (χ1v) is 11.9. The number of hydrogen-bond acceptors (Lipinski definition) is 4. The van der Waals surface area contributed by atoms with Crippen LogP contribution >= 0.6 is 0 Å². The number of methoxy groups -OCH3 is 1. The van der Waals surface area contributed by atoms with E-state index in [1.54, 1.807) is 19.2 Å². The van der Waals surface area contributed by atoms with Gasteiger partial charge in [0.25, 0.3) is 11.7 Å². The van der Waals surface area contributed by atoms with E-state index in [1.807, 2.05) is 75.4 Å². The predicted octanol–water partition coefficient (Wildman–Crippen LogP) is 6.32. The molecule has 1 aliphatic rings. The van der Waals surface area contributed by atoms with Crippen molar-refractivity contribution in [3.05, 3.63) is 100 Å². The third-order valence-corrected chi connectivity index (χ3v) is 6.64. The van der Waals surface area contributed by atoms with Crippen molar-refractivity contribution in [2.75, 3.05) is 12.0 Å². The topological polar surface area (TPSA) is 66.8 Å². The van der Waals surface area contributed by atoms with Gasteiger partial charge in [-0.3, -0.25) is 14.5 Å². The fraction of sp³-hybridized carbons (Fsp3) is 0.267. The maximum absolute atomic E-state index is 13.4. The highest BCUT2D eigenvalue weighted by atomic mass is 16.5. The molecule has 0 radical (unpaired) electrons. The molecule has 4 rings (SSSR count). The Bertz CT molecular complexity index is 1290. The number of aryl methyl sites for hydroxylation is 2. The molecule has 1 amide bonds. The lowest BCUT2D eigenvalue weighted by atomic mass is 9.90. The third kappa shape index (κ3) is 4.34. The number of ether oxygens (including phenoxy) is 1. The number of aliphatic hydroxyl groups excluding tert-OH is 1. The molecule has 3 aromatic carbocycles. The average Bonchev–Trinajstić information content (AvgIpc) is 3.14. The summed E-state index contributed by atoms with van der Waals surface area (Å²) in [6.45, 7) is 8.02. The molecule has 1 atom stereocenters. The van der Waals surface area contributed by atoms with Crippen molar-refractivity contribution >= 4 is 23.1 Å². The molecule has 180 valence electrons. The lowest BCUT2D eigenvalue weighted by Crippen LogP contribution is -2.29. The zero-order valence-electron chi connectivity index (χ0n) is 20.8. The highest BCUT2D eigenvalue weighted by Gasteiger charge is 2.47. The van der Waals surface area contributed by atoms with Gasteiger partial charge < -0.3 is 9.84 Å². The van der Waals surface area contributed by atoms with Gasteiger partial charge in [0.05, 0.1) is 18.7 Å². The molecule has 35 heavy (non-hydrogen) atoms. The van der Waals surface area contributed by atoms with Crippen LogP contribution in [0.2, 0.25) is 0 Å². The summed E-state index contributed by atoms with van der Waals surface area (Å²) in [5.74, 6) is -0.657. The van der Waals surface area contributed by atoms with Crippen LogP contribution in [-0.2, 0) is 16.0 Å². The molecule has 5 heteroatoms. The molecule has 1 aliphatic heterocycles. The Hall–Kier alpha value is -3.86. The maximum atomic E-state index is 13.4. The van der Waals surface area contributed by atoms with Crippen molar-refractivity contribution in [1.82, 2.24) is 0 Å². The van der Waals surface area contributed by atoms with E-state index in [0.717, 1.165) is 34.4 Å². The summed E-state index contributed by atoms with van der Waals surface area (Å²) >= 11 is 0. The minimum atomic E-state index is -0.743. The zero-order chi connectivity index (χ0) is 25.3. The molecule has 5 nitrogen and oxygen atoms in total. The summed E-state index contributed by atoms with van der Waals surface area (Å²) in [4.78, 5) is 28.2. The number of amides is 1. The second kappa shape index (κ2) is 9.79. The Kier molecular flexibility index (Phi) is 6.79. The van der Waals surface area contributed by atoms with Gasteiger partial charge in [-0.2, -0.15) is 0 Å². The number of ketones is 1. The first-order valence-electron chi connectivity index (χ1n) is 11.9. The van der Waals surface area contributed by atoms with Crippen molar-refractivity contribution in [2.45, 2.75) is 46.1 Å². The van der Waals surface area contributed by atoms with E-state index in [0.29, 0.717) is 11.3 Å². The van der Waals surface area contributed by atoms with Crippen LogP contribution in [0.15, 0.2) is 72.3 Å². The summed E-state index contributed by atoms with van der Waals surface area (Å²) in [5.41, 5.74) is 4.81. The van der Waals surface area contributed by atoms with Crippen LogP contribution in [0, 0.1) is 6.92 Å². The van der Waals surface area contributed by atoms with Gasteiger partial charge in [-0.1, -0.05) is 63.2 Å². The predicted molar refractivity (Wildman–Crippen MR) is 139 cm³/mol. The van der Waals surface area contributed by atoms with Crippen LogP contribution in [0.4, 0.5) is 5.69 Å². The number of carbonyl (C=O) groups excluding carboxylic acids is 2. The molecule has 0 bridgehead atoms. The average molecular weight is 470 g/mol. The monoisotopic (exact) mass is 469 g/mol. The molecular weight excluding hydrogens is 438 g/mol. The smallest absolute Gasteiger partial charge is 0.300 e. The fourth-order valence-electron chi connectivity index (χ4n) is 4.66. The molecule has 1 fully saturated rings. The number of anilines is 1. The Labute approximate surface area is 206 Å². The van der Waals surface area contributed by atoms with Crippen LogP contribution in [0.1, 0.15) is 60.5 Å². The molecule has 1 saturated heterocycles. The normalized spacial score (nSPS) is 17.3. The molecule has 0 aromatic heterocycles. The van der Waals surface area contributed by atoms with E-state index in [4.69, 9.17) is 4.74 Å². The Morgan fingerprint density at radius 3 is 2.26 bits per heavy atom. The van der Waals surface area contributed by atoms with Crippen LogP contribution < -0.4 is 9.64 Å². The van der Waals surface area contributed by atoms with Gasteiger partial charge in [0.2, 0.25) is 0 Å². The van der Waals surface area contributed by atoms with Gasteiger partial charge in [0.1, 0.15) is 11.5 Å². The highest BCUT2D eigenvalue weighted by Crippen LogP contribution is 2.43. The van der Waals surface area contributed by atoms with Gasteiger partial charge in [-0.25, -0.2) is 0 Å². The minimum absolute atomic E-state index is 0.0890. The number of para-hydroxylation sites is 1. The molecule has 1 unspecified atom stereocenters. The van der Waals surface area contributed by atoms with Crippen LogP contribution in [0.3, 0.4) is 0 Å².